The van der Waals surface area contributed by atoms with Crippen molar-refractivity contribution in [3.63, 3.8) is 0 Å². The highest BCUT2D eigenvalue weighted by atomic mass is 32.2. The number of carbonyl (C=O) groups excluding carboxylic acids is 1. The van der Waals surface area contributed by atoms with E-state index in [9.17, 15) is 23.7 Å². The first-order valence-corrected chi connectivity index (χ1v) is 23.5. The summed E-state index contributed by atoms with van der Waals surface area (Å²) in [4.78, 5) is 41.8. The van der Waals surface area contributed by atoms with Crippen molar-refractivity contribution >= 4 is 33.6 Å². The molecule has 2 aromatic rings. The van der Waals surface area contributed by atoms with Gasteiger partial charge >= 0.3 is 11.7 Å². The van der Waals surface area contributed by atoms with E-state index in [0.717, 1.165) is 0 Å². The van der Waals surface area contributed by atoms with E-state index < -0.39 is 85.8 Å². The van der Waals surface area contributed by atoms with Crippen molar-refractivity contribution in [2.45, 2.75) is 140 Å². The third-order valence-corrected chi connectivity index (χ3v) is 20.6. The third kappa shape index (κ3) is 8.63. The number of carbonyl (C=O) groups is 1. The molecule has 1 aromatic heterocycles. The standard InChI is InChI=1S/C34H57N3O9SSi2/c1-31(2,3)47(42)36-27(34(41,29(39)43-10)22-18-16-15-17-19-22)25-24(45-48(11,12)32(4,5)6)26(46-49(13,14)33(7,8)9)28(44-25)37-21-20-23(38)35-30(37)40/h15-21,24-28,36,41H,1-14H3,(H,35,38,40)/t24-,25+,26-,27+,28-,34-,47+/m1/s1. The topological polar surface area (TPSA) is 158 Å². The zero-order valence-electron chi connectivity index (χ0n) is 31.5. The average molecular weight is 740 g/mol. The number of esters is 1. The Morgan fingerprint density at radius 1 is 0.918 bits per heavy atom. The van der Waals surface area contributed by atoms with Crippen LogP contribution in [-0.4, -0.2) is 77.7 Å². The number of ether oxygens (including phenoxy) is 2. The first-order valence-electron chi connectivity index (χ1n) is 16.6. The zero-order valence-corrected chi connectivity index (χ0v) is 34.3. The molecular weight excluding hydrogens is 683 g/mol. The quantitative estimate of drug-likeness (QED) is 0.220. The lowest BCUT2D eigenvalue weighted by Gasteiger charge is -2.46. The smallest absolute Gasteiger partial charge is 0.344 e. The van der Waals surface area contributed by atoms with E-state index in [0.29, 0.717) is 0 Å². The number of benzene rings is 1. The van der Waals surface area contributed by atoms with E-state index >= 15 is 0 Å². The number of hydrogen-bond acceptors (Lipinski definition) is 9. The third-order valence-electron chi connectivity index (χ3n) is 10.1. The summed E-state index contributed by atoms with van der Waals surface area (Å²) in [6, 6.07) is 8.01. The van der Waals surface area contributed by atoms with Crippen LogP contribution < -0.4 is 16.0 Å². The van der Waals surface area contributed by atoms with Gasteiger partial charge in [-0.25, -0.2) is 18.5 Å². The van der Waals surface area contributed by atoms with Gasteiger partial charge in [0.2, 0.25) is 5.60 Å². The predicted octanol–water partition coefficient (Wildman–Crippen LogP) is 4.70. The SMILES string of the molecule is COC(=O)[C@@](O)(c1ccccc1)[C@@H](N[S@@](=O)C(C)(C)C)[C@H]1O[C@@H](n2ccc(=O)[nH]c2=O)[C@H](O[Si](C)(C)C(C)(C)C)[C@@H]1O[Si](C)(C)C(C)(C)C. The van der Waals surface area contributed by atoms with E-state index in [1.807, 2.05) is 0 Å². The highest BCUT2D eigenvalue weighted by molar-refractivity contribution is 7.84. The molecule has 0 bridgehead atoms. The molecule has 1 aliphatic rings. The molecule has 276 valence electrons. The van der Waals surface area contributed by atoms with Crippen LogP contribution in [0.5, 0.6) is 0 Å². The summed E-state index contributed by atoms with van der Waals surface area (Å²) in [5.41, 5.74) is -3.60. The van der Waals surface area contributed by atoms with Crippen LogP contribution in [0.2, 0.25) is 36.3 Å². The first kappa shape index (κ1) is 41.2. The second-order valence-corrected chi connectivity index (χ2v) is 28.3. The lowest BCUT2D eigenvalue weighted by molar-refractivity contribution is -0.174. The van der Waals surface area contributed by atoms with Crippen LogP contribution in [0.15, 0.2) is 52.2 Å². The van der Waals surface area contributed by atoms with E-state index in [1.54, 1.807) is 51.1 Å². The Hall–Kier alpha value is -2.25. The Balaban J connectivity index is 2.46. The van der Waals surface area contributed by atoms with E-state index in [2.05, 4.69) is 77.4 Å². The van der Waals surface area contributed by atoms with Crippen molar-refractivity contribution in [1.82, 2.24) is 14.3 Å². The van der Waals surface area contributed by atoms with Gasteiger partial charge in [-0.15, -0.1) is 0 Å². The number of nitrogens with one attached hydrogen (secondary N) is 2. The Morgan fingerprint density at radius 3 is 1.88 bits per heavy atom. The van der Waals surface area contributed by atoms with Gasteiger partial charge in [0.15, 0.2) is 22.9 Å². The Kier molecular flexibility index (Phi) is 12.1. The molecule has 0 unspecified atom stereocenters. The van der Waals surface area contributed by atoms with Crippen LogP contribution in [-0.2, 0) is 39.7 Å². The molecule has 0 amide bonds. The Bertz CT molecular complexity index is 1610. The van der Waals surface area contributed by atoms with Gasteiger partial charge in [-0.2, -0.15) is 0 Å². The maximum atomic E-state index is 14.0. The minimum atomic E-state index is -2.72. The highest BCUT2D eigenvalue weighted by Crippen LogP contribution is 2.47. The van der Waals surface area contributed by atoms with Crippen molar-refractivity contribution in [1.29, 1.82) is 0 Å². The molecule has 3 N–H and O–H groups in total. The monoisotopic (exact) mass is 739 g/mol. The predicted molar refractivity (Wildman–Crippen MR) is 197 cm³/mol. The van der Waals surface area contributed by atoms with Gasteiger partial charge in [-0.1, -0.05) is 71.9 Å². The van der Waals surface area contributed by atoms with E-state index in [4.69, 9.17) is 18.3 Å². The molecule has 1 fully saturated rings. The van der Waals surface area contributed by atoms with Crippen LogP contribution in [0.1, 0.15) is 74.1 Å². The highest BCUT2D eigenvalue weighted by Gasteiger charge is 2.62. The Morgan fingerprint density at radius 2 is 1.43 bits per heavy atom. The molecule has 49 heavy (non-hydrogen) atoms. The number of nitrogens with zero attached hydrogens (tertiary/aromatic N) is 1. The summed E-state index contributed by atoms with van der Waals surface area (Å²) >= 11 is 0. The second kappa shape index (κ2) is 14.4. The second-order valence-electron chi connectivity index (χ2n) is 16.8. The van der Waals surface area contributed by atoms with Crippen molar-refractivity contribution in [2.75, 3.05) is 7.11 Å². The fraction of sp³-hybridized carbons (Fsp3) is 0.676. The van der Waals surface area contributed by atoms with Crippen LogP contribution in [0, 0.1) is 0 Å². The number of hydrogen-bond donors (Lipinski definition) is 3. The zero-order chi connectivity index (χ0) is 37.5. The molecule has 7 atom stereocenters. The molecule has 12 nitrogen and oxygen atoms in total. The summed E-state index contributed by atoms with van der Waals surface area (Å²) in [6.07, 6.45) is -3.06. The Labute approximate surface area is 295 Å². The number of aromatic nitrogens is 2. The molecule has 3 rings (SSSR count). The molecule has 1 saturated heterocycles. The molecule has 15 heteroatoms. The number of aliphatic hydroxyl groups is 1. The summed E-state index contributed by atoms with van der Waals surface area (Å²) in [7, 11) is -6.07. The van der Waals surface area contributed by atoms with E-state index in [-0.39, 0.29) is 15.6 Å². The number of rotatable bonds is 11. The summed E-state index contributed by atoms with van der Waals surface area (Å²) in [5, 5.41) is 12.1. The fourth-order valence-electron chi connectivity index (χ4n) is 5.03. The molecule has 0 spiro atoms. The molecule has 0 radical (unpaired) electrons. The largest absolute Gasteiger partial charge is 0.467 e. The van der Waals surface area contributed by atoms with Crippen molar-refractivity contribution in [3.05, 3.63) is 69.0 Å². The normalized spacial score (nSPS) is 23.5. The minimum absolute atomic E-state index is 0.173. The van der Waals surface area contributed by atoms with Crippen molar-refractivity contribution in [3.8, 4) is 0 Å². The fourth-order valence-corrected chi connectivity index (χ4v) is 8.51. The molecule has 0 saturated carbocycles. The van der Waals surface area contributed by atoms with Crippen molar-refractivity contribution in [2.24, 2.45) is 0 Å². The van der Waals surface area contributed by atoms with Gasteiger partial charge in [0.25, 0.3) is 5.56 Å². The maximum absolute atomic E-state index is 14.0. The van der Waals surface area contributed by atoms with E-state index in [1.165, 1.54) is 23.9 Å². The first-order chi connectivity index (χ1) is 22.2. The van der Waals surface area contributed by atoms with Gasteiger partial charge in [-0.05, 0) is 62.6 Å². The van der Waals surface area contributed by atoms with Gasteiger partial charge in [-0.3, -0.25) is 14.3 Å². The number of methoxy groups -OCH3 is 1. The maximum Gasteiger partial charge on any atom is 0.344 e. The minimum Gasteiger partial charge on any atom is -0.467 e. The lowest BCUT2D eigenvalue weighted by Crippen LogP contribution is -2.65. The average Bonchev–Trinajstić information content (AvgIpc) is 3.29. The van der Waals surface area contributed by atoms with Gasteiger partial charge in [0, 0.05) is 12.3 Å². The number of aromatic amines is 1. The van der Waals surface area contributed by atoms with Crippen LogP contribution in [0.25, 0.3) is 0 Å². The summed E-state index contributed by atoms with van der Waals surface area (Å²) < 4.78 is 43.8. The molecular formula is C34H57N3O9SSi2. The summed E-state index contributed by atoms with van der Waals surface area (Å²) in [6.45, 7) is 26.0. The van der Waals surface area contributed by atoms with Crippen LogP contribution in [0.4, 0.5) is 0 Å². The molecule has 1 aromatic carbocycles. The van der Waals surface area contributed by atoms with Crippen molar-refractivity contribution < 1.29 is 32.4 Å². The van der Waals surface area contributed by atoms with Crippen LogP contribution >= 0.6 is 0 Å². The van der Waals surface area contributed by atoms with Gasteiger partial charge in [0.05, 0.1) is 28.9 Å². The molecule has 1 aliphatic heterocycles. The number of H-pyrrole nitrogens is 1. The van der Waals surface area contributed by atoms with Gasteiger partial charge in [0.1, 0.15) is 18.3 Å². The van der Waals surface area contributed by atoms with Gasteiger partial charge < -0.3 is 23.4 Å². The van der Waals surface area contributed by atoms with Crippen LogP contribution in [0.3, 0.4) is 0 Å². The molecule has 0 aliphatic carbocycles. The lowest BCUT2D eigenvalue weighted by atomic mass is 9.82. The summed E-state index contributed by atoms with van der Waals surface area (Å²) in [5.74, 6) is -1.01. The molecule has 2 heterocycles.